The number of carbonyl (C=O) groups excluding carboxylic acids is 2. The number of fused-ring (bicyclic) bond motifs is 6. The molecule has 11 aromatic rings. The maximum atomic E-state index is 13.4. The third-order valence-corrected chi connectivity index (χ3v) is 20.2. The molecule has 102 heavy (non-hydrogen) atoms. The van der Waals surface area contributed by atoms with Crippen molar-refractivity contribution in [3.05, 3.63) is 136 Å². The first-order chi connectivity index (χ1) is 48.6. The zero-order valence-electron chi connectivity index (χ0n) is 61.6. The van der Waals surface area contributed by atoms with Gasteiger partial charge in [-0.2, -0.15) is 0 Å². The SMILES string of the molecule is COc1cc2c(cc1-c1c(C)noc1C)[nH]c1nc(C)nc(-c3ccc(N)c(C(C)(C)C)c3)c12.COc1cc2c(cc1-c1c(C)noc1C)[nH]c1nc(C)nc(-c3ccc(NC(=O)N4CCN(C5COC5)CC4)c(C(C)(C)C)c3)c12.C[N+]1(C2COC2)CCCCC1.Cc1ccc(OC(=O)Cl)cc1. The van der Waals surface area contributed by atoms with Crippen molar-refractivity contribution in [2.24, 2.45) is 0 Å². The van der Waals surface area contributed by atoms with Crippen LogP contribution in [0.5, 0.6) is 17.2 Å². The number of nitrogens with one attached hydrogen (secondary N) is 3. The predicted octanol–water partition coefficient (Wildman–Crippen LogP) is 16.2. The van der Waals surface area contributed by atoms with Crippen LogP contribution in [-0.2, 0) is 20.3 Å². The Morgan fingerprint density at radius 1 is 0.618 bits per heavy atom. The van der Waals surface area contributed by atoms with Crippen LogP contribution in [0.25, 0.3) is 88.6 Å². The quantitative estimate of drug-likeness (QED) is 0.0563. The lowest BCUT2D eigenvalue weighted by Crippen LogP contribution is -2.62. The number of halogens is 1. The molecule has 0 saturated carbocycles. The smallest absolute Gasteiger partial charge is 0.409 e. The number of urea groups is 1. The summed E-state index contributed by atoms with van der Waals surface area (Å²) in [6.45, 7) is 35.9. The fourth-order valence-corrected chi connectivity index (χ4v) is 14.4. The molecule has 0 bridgehead atoms. The lowest BCUT2D eigenvalue weighted by Gasteiger charge is -2.47. The number of carbonyl (C=O) groups is 2. The molecule has 23 heteroatoms. The van der Waals surface area contributed by atoms with Gasteiger partial charge in [-0.1, -0.05) is 81.7 Å². The number of benzene rings is 5. The highest BCUT2D eigenvalue weighted by atomic mass is 35.5. The van der Waals surface area contributed by atoms with E-state index in [1.165, 1.54) is 36.8 Å². The highest BCUT2D eigenvalue weighted by Gasteiger charge is 2.39. The molecule has 536 valence electrons. The summed E-state index contributed by atoms with van der Waals surface area (Å²) in [5.74, 6) is 4.76. The fourth-order valence-electron chi connectivity index (χ4n) is 14.3. The number of H-pyrrole nitrogens is 2. The van der Waals surface area contributed by atoms with Crippen LogP contribution in [0.4, 0.5) is 21.0 Å². The number of likely N-dealkylation sites (tertiary alicyclic amines) is 1. The zero-order valence-corrected chi connectivity index (χ0v) is 62.3. The van der Waals surface area contributed by atoms with Crippen molar-refractivity contribution in [2.45, 2.75) is 132 Å². The monoisotopic (exact) mass is 1400 g/mol. The molecular weight excluding hydrogens is 1310 g/mol. The van der Waals surface area contributed by atoms with Crippen LogP contribution in [0.15, 0.2) is 94.0 Å². The molecule has 4 aliphatic heterocycles. The number of aromatic amines is 2. The van der Waals surface area contributed by atoms with Gasteiger partial charge in [0.25, 0.3) is 0 Å². The van der Waals surface area contributed by atoms with Crippen molar-refractivity contribution in [2.75, 3.05) is 98.0 Å². The van der Waals surface area contributed by atoms with E-state index >= 15 is 0 Å². The molecule has 4 aliphatic rings. The van der Waals surface area contributed by atoms with E-state index in [1.54, 1.807) is 26.4 Å². The number of hydrogen-bond acceptors (Lipinski definition) is 17. The fraction of sp³-hybridized carbons (Fsp3) is 0.418. The van der Waals surface area contributed by atoms with Crippen LogP contribution in [0.2, 0.25) is 0 Å². The number of nitrogen functional groups attached to an aromatic ring is 1. The maximum Gasteiger partial charge on any atom is 0.409 e. The van der Waals surface area contributed by atoms with E-state index in [0.717, 1.165) is 191 Å². The Balaban J connectivity index is 0.000000151. The minimum Gasteiger partial charge on any atom is -0.496 e. The van der Waals surface area contributed by atoms with Crippen molar-refractivity contribution in [3.63, 3.8) is 0 Å². The van der Waals surface area contributed by atoms with Gasteiger partial charge in [0.15, 0.2) is 0 Å². The summed E-state index contributed by atoms with van der Waals surface area (Å²) < 4.78 is 39.1. The highest BCUT2D eigenvalue weighted by Crippen LogP contribution is 2.45. The zero-order chi connectivity index (χ0) is 72.7. The largest absolute Gasteiger partial charge is 0.496 e. The second-order valence-corrected chi connectivity index (χ2v) is 29.9. The van der Waals surface area contributed by atoms with E-state index in [4.69, 9.17) is 65.3 Å². The summed E-state index contributed by atoms with van der Waals surface area (Å²) in [7, 11) is 5.74. The molecule has 0 unspecified atom stereocenters. The van der Waals surface area contributed by atoms with Crippen molar-refractivity contribution in [1.29, 1.82) is 0 Å². The van der Waals surface area contributed by atoms with Gasteiger partial charge in [0.1, 0.15) is 71.0 Å². The number of aryl methyl sites for hydroxylation is 7. The van der Waals surface area contributed by atoms with Crippen LogP contribution >= 0.6 is 11.6 Å². The second-order valence-electron chi connectivity index (χ2n) is 29.6. The molecule has 5 N–H and O–H groups in total. The van der Waals surface area contributed by atoms with Gasteiger partial charge in [0.2, 0.25) is 0 Å². The van der Waals surface area contributed by atoms with Crippen LogP contribution in [0.1, 0.15) is 112 Å². The van der Waals surface area contributed by atoms with Gasteiger partial charge >= 0.3 is 11.5 Å². The Bertz CT molecular complexity index is 4860. The highest BCUT2D eigenvalue weighted by molar-refractivity contribution is 6.61. The van der Waals surface area contributed by atoms with Crippen LogP contribution in [0.3, 0.4) is 0 Å². The molecule has 0 radical (unpaired) electrons. The van der Waals surface area contributed by atoms with Gasteiger partial charge < -0.3 is 63.1 Å². The standard InChI is InChI=1S/C35H41N7O4.C27H29N5O2.C9H18NO.C8H7ClO2/c1-19-30(20(2)46-40-19)25-15-28-24(16-29(25)44-7)31-32(36-21(3)37-33(31)38-28)22-8-9-27(26(14-22)35(4,5)6)39-34(43)42-12-10-41(11-13-42)23-17-45-18-23;1-13-23(14(2)34-32-13)18-11-21-17(12-22(18)33-7)24-25(29-15(3)30-26(24)31-21)16-8-9-20(28)19(10-16)27(4,5)6;1-10(9-7-11-8-9)5-3-2-4-6-10;1-6-2-4-7(5-3-6)11-8(9)10/h8-9,14-16,23H,10-13,17-18H2,1-7H3,(H,39,43)(H,36,37,38);8-12H,28H2,1-7H3,(H,29,30,31);9H,2-8H2,1H3;2-5H,1H3/q;;+1;. The summed E-state index contributed by atoms with van der Waals surface area (Å²) in [6, 6.07) is 28.9. The number of likely N-dealkylation sites (N-methyl/N-ethyl adjacent to an activating group) is 1. The Kier molecular flexibility index (Phi) is 20.9. The number of piperazine rings is 1. The summed E-state index contributed by atoms with van der Waals surface area (Å²) in [4.78, 5) is 54.3. The number of aromatic nitrogens is 8. The van der Waals surface area contributed by atoms with Crippen LogP contribution < -0.4 is 25.3 Å². The third kappa shape index (κ3) is 15.2. The normalized spacial score (nSPS) is 15.8. The average molecular weight is 1410 g/mol. The number of anilines is 2. The van der Waals surface area contributed by atoms with Crippen LogP contribution in [-0.4, -0.2) is 165 Å². The molecular formula is C79H95ClN13O9+. The topological polar surface area (TPSA) is 260 Å². The van der Waals surface area contributed by atoms with Gasteiger partial charge in [-0.15, -0.1) is 0 Å². The molecule has 15 rings (SSSR count). The number of nitrogens with zero attached hydrogens (tertiary/aromatic N) is 9. The average Bonchev–Trinajstić information content (AvgIpc) is 1.58. The third-order valence-electron chi connectivity index (χ3n) is 20.1. The summed E-state index contributed by atoms with van der Waals surface area (Å²) in [6.07, 6.45) is 4.29. The van der Waals surface area contributed by atoms with Gasteiger partial charge in [0.05, 0.1) is 98.3 Å². The Morgan fingerprint density at radius 2 is 1.11 bits per heavy atom. The summed E-state index contributed by atoms with van der Waals surface area (Å²) in [5, 5.41) is 15.3. The molecule has 2 amide bonds. The lowest BCUT2D eigenvalue weighted by molar-refractivity contribution is -0.946. The van der Waals surface area contributed by atoms with Gasteiger partial charge in [-0.25, -0.2) is 29.5 Å². The molecule has 0 spiro atoms. The van der Waals surface area contributed by atoms with Crippen molar-refractivity contribution in [1.82, 2.24) is 50.0 Å². The van der Waals surface area contributed by atoms with Crippen LogP contribution in [0, 0.1) is 48.5 Å². The second kappa shape index (κ2) is 29.5. The van der Waals surface area contributed by atoms with Crippen molar-refractivity contribution < 1.29 is 46.8 Å². The summed E-state index contributed by atoms with van der Waals surface area (Å²) in [5.41, 5.74) is 22.3. The first-order valence-electron chi connectivity index (χ1n) is 35.0. The van der Waals surface area contributed by atoms with Crippen molar-refractivity contribution >= 4 is 78.3 Å². The number of amides is 2. The number of rotatable bonds is 10. The number of ether oxygens (including phenoxy) is 5. The number of nitrogens with two attached hydrogens (primary N) is 1. The molecule has 22 nitrogen and oxygen atoms in total. The Hall–Kier alpha value is -9.45. The Labute approximate surface area is 600 Å². The number of piperidine rings is 1. The van der Waals surface area contributed by atoms with Gasteiger partial charge in [-0.05, 0) is 150 Å². The first kappa shape index (κ1) is 72.3. The van der Waals surface area contributed by atoms with E-state index < -0.39 is 5.43 Å². The maximum absolute atomic E-state index is 13.4. The first-order valence-corrected chi connectivity index (χ1v) is 35.4. The van der Waals surface area contributed by atoms with Crippen molar-refractivity contribution in [3.8, 4) is 62.0 Å². The van der Waals surface area contributed by atoms with E-state index in [2.05, 4.69) is 108 Å². The molecule has 10 heterocycles. The van der Waals surface area contributed by atoms with E-state index in [0.29, 0.717) is 42.3 Å². The molecule has 6 aromatic heterocycles. The minimum absolute atomic E-state index is 0.0687. The Morgan fingerprint density at radius 3 is 1.54 bits per heavy atom. The van der Waals surface area contributed by atoms with E-state index in [-0.39, 0.29) is 16.9 Å². The lowest BCUT2D eigenvalue weighted by atomic mass is 9.84. The predicted molar refractivity (Wildman–Crippen MR) is 402 cm³/mol. The molecule has 0 atom stereocenters. The van der Waals surface area contributed by atoms with Gasteiger partial charge in [0, 0.05) is 93.2 Å². The molecule has 4 saturated heterocycles. The van der Waals surface area contributed by atoms with Gasteiger partial charge in [-0.3, -0.25) is 4.90 Å². The number of methoxy groups -OCH3 is 2. The molecule has 4 fully saturated rings. The number of quaternary nitrogens is 1. The van der Waals surface area contributed by atoms with E-state index in [9.17, 15) is 9.59 Å². The number of hydrogen-bond donors (Lipinski definition) is 4. The summed E-state index contributed by atoms with van der Waals surface area (Å²) >= 11 is 4.99. The molecule has 5 aromatic carbocycles. The molecule has 0 aliphatic carbocycles. The van der Waals surface area contributed by atoms with E-state index in [1.807, 2.05) is 102 Å². The minimum atomic E-state index is -0.811.